The minimum absolute atomic E-state index is 0.781. The second-order valence-corrected chi connectivity index (χ2v) is 4.00. The van der Waals surface area contributed by atoms with Crippen LogP contribution >= 0.6 is 0 Å². The monoisotopic (exact) mass is 237 g/mol. The summed E-state index contributed by atoms with van der Waals surface area (Å²) >= 11 is 0. The molecule has 0 saturated heterocycles. The zero-order valence-electron chi connectivity index (χ0n) is 10.9. The molecule has 0 aliphatic heterocycles. The first kappa shape index (κ1) is 13.9. The van der Waals surface area contributed by atoms with Crippen LogP contribution in [0.5, 0.6) is 0 Å². The first-order chi connectivity index (χ1) is 8.34. The molecule has 0 fully saturated rings. The van der Waals surface area contributed by atoms with Crippen LogP contribution in [0.3, 0.4) is 0 Å². The summed E-state index contributed by atoms with van der Waals surface area (Å²) in [5.41, 5.74) is 0. The van der Waals surface area contributed by atoms with E-state index in [1.807, 2.05) is 19.4 Å². The lowest BCUT2D eigenvalue weighted by Gasteiger charge is -2.00. The summed E-state index contributed by atoms with van der Waals surface area (Å²) in [7, 11) is 3.75. The van der Waals surface area contributed by atoms with Crippen LogP contribution in [-0.2, 0) is 18.2 Å². The van der Waals surface area contributed by atoms with Crippen molar-refractivity contribution in [1.29, 1.82) is 0 Å². The van der Waals surface area contributed by atoms with Gasteiger partial charge in [0.25, 0.3) is 0 Å². The van der Waals surface area contributed by atoms with Crippen LogP contribution in [0.1, 0.15) is 18.7 Å². The van der Waals surface area contributed by atoms with Gasteiger partial charge in [-0.15, -0.1) is 0 Å². The molecule has 0 bridgehead atoms. The van der Waals surface area contributed by atoms with Crippen LogP contribution in [-0.4, -0.2) is 36.4 Å². The second-order valence-electron chi connectivity index (χ2n) is 4.00. The number of rotatable bonds is 9. The van der Waals surface area contributed by atoms with E-state index in [1.165, 1.54) is 0 Å². The highest BCUT2D eigenvalue weighted by atomic mass is 16.5. The Morgan fingerprint density at radius 2 is 2.18 bits per heavy atom. The molecule has 0 aliphatic rings. The Bertz CT molecular complexity index is 320. The van der Waals surface area contributed by atoms with E-state index in [2.05, 4.69) is 27.0 Å². The summed E-state index contributed by atoms with van der Waals surface area (Å²) in [5, 5.41) is 3.31. The SMILES string of the molecule is COCCNCC/C=C/CCc1nccn1C. The Morgan fingerprint density at radius 1 is 1.35 bits per heavy atom. The lowest BCUT2D eigenvalue weighted by molar-refractivity contribution is 0.199. The number of hydrogen-bond donors (Lipinski definition) is 1. The molecule has 0 atom stereocenters. The van der Waals surface area contributed by atoms with Gasteiger partial charge >= 0.3 is 0 Å². The molecule has 1 heterocycles. The van der Waals surface area contributed by atoms with Gasteiger partial charge in [0.2, 0.25) is 0 Å². The van der Waals surface area contributed by atoms with E-state index in [4.69, 9.17) is 4.74 Å². The van der Waals surface area contributed by atoms with Crippen molar-refractivity contribution in [2.24, 2.45) is 7.05 Å². The normalized spacial score (nSPS) is 11.4. The van der Waals surface area contributed by atoms with Crippen LogP contribution in [0.25, 0.3) is 0 Å². The van der Waals surface area contributed by atoms with Crippen LogP contribution in [0.15, 0.2) is 24.5 Å². The minimum atomic E-state index is 0.781. The van der Waals surface area contributed by atoms with Gasteiger partial charge in [0.05, 0.1) is 6.61 Å². The van der Waals surface area contributed by atoms with Crippen molar-refractivity contribution in [3.63, 3.8) is 0 Å². The summed E-state index contributed by atoms with van der Waals surface area (Å²) in [4.78, 5) is 4.29. The maximum atomic E-state index is 4.95. The Morgan fingerprint density at radius 3 is 2.88 bits per heavy atom. The third-order valence-electron chi connectivity index (χ3n) is 2.59. The van der Waals surface area contributed by atoms with Gasteiger partial charge in [-0.05, 0) is 19.4 Å². The molecule has 0 aliphatic carbocycles. The first-order valence-corrected chi connectivity index (χ1v) is 6.15. The van der Waals surface area contributed by atoms with Gasteiger partial charge in [-0.2, -0.15) is 0 Å². The summed E-state index contributed by atoms with van der Waals surface area (Å²) < 4.78 is 7.02. The predicted molar refractivity (Wildman–Crippen MR) is 70.0 cm³/mol. The van der Waals surface area contributed by atoms with Gasteiger partial charge in [0.15, 0.2) is 0 Å². The molecule has 1 N–H and O–H groups in total. The second kappa shape index (κ2) is 8.96. The van der Waals surface area contributed by atoms with E-state index in [9.17, 15) is 0 Å². The van der Waals surface area contributed by atoms with Gasteiger partial charge < -0.3 is 14.6 Å². The summed E-state index contributed by atoms with van der Waals surface area (Å²) in [5.74, 6) is 1.15. The molecule has 4 nitrogen and oxygen atoms in total. The molecule has 0 aromatic carbocycles. The smallest absolute Gasteiger partial charge is 0.108 e. The average molecular weight is 237 g/mol. The molecular formula is C13H23N3O. The molecule has 0 unspecified atom stereocenters. The van der Waals surface area contributed by atoms with Gasteiger partial charge in [-0.25, -0.2) is 4.98 Å². The number of nitrogens with one attached hydrogen (secondary N) is 1. The molecule has 1 rings (SSSR count). The van der Waals surface area contributed by atoms with Crippen LogP contribution < -0.4 is 5.32 Å². The Hall–Kier alpha value is -1.13. The Kier molecular flexibility index (Phi) is 7.34. The number of allylic oxidation sites excluding steroid dienone is 1. The number of methoxy groups -OCH3 is 1. The molecule has 96 valence electrons. The molecule has 17 heavy (non-hydrogen) atoms. The minimum Gasteiger partial charge on any atom is -0.383 e. The maximum Gasteiger partial charge on any atom is 0.108 e. The van der Waals surface area contributed by atoms with E-state index in [-0.39, 0.29) is 0 Å². The number of ether oxygens (including phenoxy) is 1. The van der Waals surface area contributed by atoms with Crippen molar-refractivity contribution in [3.05, 3.63) is 30.4 Å². The van der Waals surface area contributed by atoms with Crippen LogP contribution in [0, 0.1) is 0 Å². The van der Waals surface area contributed by atoms with E-state index in [0.29, 0.717) is 0 Å². The number of imidazole rings is 1. The van der Waals surface area contributed by atoms with Crippen molar-refractivity contribution < 1.29 is 4.74 Å². The van der Waals surface area contributed by atoms with E-state index >= 15 is 0 Å². The van der Waals surface area contributed by atoms with E-state index in [0.717, 1.165) is 44.8 Å². The average Bonchev–Trinajstić information content (AvgIpc) is 2.73. The zero-order valence-corrected chi connectivity index (χ0v) is 10.9. The third-order valence-corrected chi connectivity index (χ3v) is 2.59. The van der Waals surface area contributed by atoms with E-state index < -0.39 is 0 Å². The van der Waals surface area contributed by atoms with Gasteiger partial charge in [0.1, 0.15) is 5.82 Å². The van der Waals surface area contributed by atoms with Crippen molar-refractivity contribution in [2.45, 2.75) is 19.3 Å². The standard InChI is InChI=1S/C13H23N3O/c1-16-11-9-15-13(16)7-5-3-4-6-8-14-10-12-17-2/h3-4,9,11,14H,5-8,10,12H2,1-2H3/b4-3+. The topological polar surface area (TPSA) is 39.1 Å². The fourth-order valence-electron chi connectivity index (χ4n) is 1.57. The summed E-state index contributed by atoms with van der Waals surface area (Å²) in [6.07, 6.45) is 11.4. The number of aromatic nitrogens is 2. The third kappa shape index (κ3) is 6.24. The summed E-state index contributed by atoms with van der Waals surface area (Å²) in [6, 6.07) is 0. The van der Waals surface area contributed by atoms with Crippen LogP contribution in [0.4, 0.5) is 0 Å². The molecular weight excluding hydrogens is 214 g/mol. The lowest BCUT2D eigenvalue weighted by Crippen LogP contribution is -2.19. The Labute approximate surface area is 104 Å². The van der Waals surface area contributed by atoms with Crippen molar-refractivity contribution in [3.8, 4) is 0 Å². The zero-order chi connectivity index (χ0) is 12.3. The summed E-state index contributed by atoms with van der Waals surface area (Å²) in [6.45, 7) is 2.72. The molecule has 0 radical (unpaired) electrons. The fourth-order valence-corrected chi connectivity index (χ4v) is 1.57. The van der Waals surface area contributed by atoms with Gasteiger partial charge in [-0.3, -0.25) is 0 Å². The predicted octanol–water partition coefficient (Wildman–Crippen LogP) is 1.53. The molecule has 4 heteroatoms. The highest BCUT2D eigenvalue weighted by Crippen LogP contribution is 1.99. The largest absolute Gasteiger partial charge is 0.383 e. The molecule has 0 amide bonds. The number of aryl methyl sites for hydroxylation is 2. The number of hydrogen-bond acceptors (Lipinski definition) is 3. The van der Waals surface area contributed by atoms with Crippen molar-refractivity contribution >= 4 is 0 Å². The van der Waals surface area contributed by atoms with Crippen LogP contribution in [0.2, 0.25) is 0 Å². The van der Waals surface area contributed by atoms with Gasteiger partial charge in [-0.1, -0.05) is 12.2 Å². The first-order valence-electron chi connectivity index (χ1n) is 6.15. The molecule has 0 spiro atoms. The van der Waals surface area contributed by atoms with Gasteiger partial charge in [0, 0.05) is 39.5 Å². The lowest BCUT2D eigenvalue weighted by atomic mass is 10.2. The molecule has 0 saturated carbocycles. The quantitative estimate of drug-likeness (QED) is 0.523. The maximum absolute atomic E-state index is 4.95. The Balaban J connectivity index is 1.97. The molecule has 1 aromatic heterocycles. The van der Waals surface area contributed by atoms with Crippen molar-refractivity contribution in [2.75, 3.05) is 26.8 Å². The highest BCUT2D eigenvalue weighted by molar-refractivity contribution is 4.94. The number of nitrogens with zero attached hydrogens (tertiary/aromatic N) is 2. The van der Waals surface area contributed by atoms with Crippen molar-refractivity contribution in [1.82, 2.24) is 14.9 Å². The highest BCUT2D eigenvalue weighted by Gasteiger charge is 1.95. The fraction of sp³-hybridized carbons (Fsp3) is 0.615. The van der Waals surface area contributed by atoms with E-state index in [1.54, 1.807) is 7.11 Å². The molecule has 1 aromatic rings.